The Bertz CT molecular complexity index is 1170. The number of amides is 2. The lowest BCUT2D eigenvalue weighted by Crippen LogP contribution is -2.45. The molecule has 0 radical (unpaired) electrons. The zero-order valence-electron chi connectivity index (χ0n) is 18.3. The summed E-state index contributed by atoms with van der Waals surface area (Å²) in [6, 6.07) is 24.1. The van der Waals surface area contributed by atoms with Gasteiger partial charge in [-0.3, -0.25) is 14.5 Å². The fourth-order valence-electron chi connectivity index (χ4n) is 3.53. The molecule has 2 amide bonds. The molecular formula is C26H23Cl2N3O2S. The maximum absolute atomic E-state index is 13.1. The summed E-state index contributed by atoms with van der Waals surface area (Å²) in [6.45, 7) is 0.526. The first-order chi connectivity index (χ1) is 16.5. The van der Waals surface area contributed by atoms with Gasteiger partial charge in [0, 0.05) is 28.7 Å². The molecule has 3 aromatic rings. The van der Waals surface area contributed by atoms with E-state index in [9.17, 15) is 9.59 Å². The second kappa shape index (κ2) is 11.6. The van der Waals surface area contributed by atoms with Gasteiger partial charge in [0.15, 0.2) is 5.17 Å². The molecule has 1 N–H and O–H groups in total. The Kier molecular flexibility index (Phi) is 8.27. The van der Waals surface area contributed by atoms with Crippen LogP contribution in [-0.4, -0.2) is 33.7 Å². The monoisotopic (exact) mass is 511 g/mol. The number of hydrogen-bond acceptors (Lipinski definition) is 4. The Morgan fingerprint density at radius 3 is 2.29 bits per heavy atom. The van der Waals surface area contributed by atoms with E-state index in [2.05, 4.69) is 17.4 Å². The van der Waals surface area contributed by atoms with Crippen molar-refractivity contribution in [2.45, 2.75) is 24.5 Å². The van der Waals surface area contributed by atoms with Crippen LogP contribution in [0.25, 0.3) is 0 Å². The number of rotatable bonds is 7. The summed E-state index contributed by atoms with van der Waals surface area (Å²) < 4.78 is 0. The average Bonchev–Trinajstić information content (AvgIpc) is 2.84. The van der Waals surface area contributed by atoms with Gasteiger partial charge in [0.25, 0.3) is 0 Å². The van der Waals surface area contributed by atoms with E-state index in [0.717, 1.165) is 12.8 Å². The van der Waals surface area contributed by atoms with Crippen LogP contribution in [0.5, 0.6) is 0 Å². The van der Waals surface area contributed by atoms with Crippen LogP contribution in [-0.2, 0) is 16.0 Å². The Morgan fingerprint density at radius 2 is 1.62 bits per heavy atom. The highest BCUT2D eigenvalue weighted by molar-refractivity contribution is 8.15. The van der Waals surface area contributed by atoms with Crippen molar-refractivity contribution in [1.82, 2.24) is 4.90 Å². The number of aliphatic imine (C=N–C) groups is 1. The number of carbonyl (C=O) groups excluding carboxylic acids is 2. The second-order valence-electron chi connectivity index (χ2n) is 7.81. The molecule has 1 unspecified atom stereocenters. The molecule has 0 bridgehead atoms. The van der Waals surface area contributed by atoms with Crippen molar-refractivity contribution in [2.75, 3.05) is 11.9 Å². The average molecular weight is 512 g/mol. The number of anilines is 1. The largest absolute Gasteiger partial charge is 0.325 e. The summed E-state index contributed by atoms with van der Waals surface area (Å²) in [4.78, 5) is 32.4. The number of nitrogens with zero attached hydrogens (tertiary/aromatic N) is 2. The van der Waals surface area contributed by atoms with Crippen molar-refractivity contribution in [2.24, 2.45) is 4.99 Å². The first kappa shape index (κ1) is 24.3. The Labute approximate surface area is 213 Å². The molecule has 4 rings (SSSR count). The van der Waals surface area contributed by atoms with Gasteiger partial charge in [-0.25, -0.2) is 4.99 Å². The summed E-state index contributed by atoms with van der Waals surface area (Å²) in [5.74, 6) is -0.357. The van der Waals surface area contributed by atoms with Gasteiger partial charge >= 0.3 is 0 Å². The second-order valence-corrected chi connectivity index (χ2v) is 9.85. The van der Waals surface area contributed by atoms with E-state index in [-0.39, 0.29) is 18.2 Å². The van der Waals surface area contributed by atoms with Gasteiger partial charge < -0.3 is 5.32 Å². The highest BCUT2D eigenvalue weighted by Crippen LogP contribution is 2.30. The van der Waals surface area contributed by atoms with Gasteiger partial charge in [0.2, 0.25) is 11.8 Å². The molecule has 5 nitrogen and oxygen atoms in total. The summed E-state index contributed by atoms with van der Waals surface area (Å²) in [5, 5.41) is 4.00. The zero-order chi connectivity index (χ0) is 23.9. The number of benzene rings is 3. The molecule has 1 aliphatic rings. The predicted octanol–water partition coefficient (Wildman–Crippen LogP) is 6.59. The van der Waals surface area contributed by atoms with Crippen molar-refractivity contribution in [3.05, 3.63) is 94.5 Å². The zero-order valence-corrected chi connectivity index (χ0v) is 20.6. The first-order valence-corrected chi connectivity index (χ1v) is 12.5. The number of nitrogens with one attached hydrogen (secondary N) is 1. The molecule has 0 saturated carbocycles. The van der Waals surface area contributed by atoms with Crippen LogP contribution in [0.1, 0.15) is 18.4 Å². The van der Waals surface area contributed by atoms with Gasteiger partial charge in [-0.15, -0.1) is 0 Å². The van der Waals surface area contributed by atoms with Crippen LogP contribution in [0.2, 0.25) is 10.0 Å². The first-order valence-electron chi connectivity index (χ1n) is 10.9. The van der Waals surface area contributed by atoms with E-state index in [0.29, 0.717) is 33.1 Å². The molecule has 8 heteroatoms. The van der Waals surface area contributed by atoms with Gasteiger partial charge in [-0.1, -0.05) is 65.3 Å². The molecular weight excluding hydrogens is 489 g/mol. The number of thioether (sulfide) groups is 1. The maximum atomic E-state index is 13.1. The van der Waals surface area contributed by atoms with E-state index in [1.165, 1.54) is 17.3 Å². The number of hydrogen-bond donors (Lipinski definition) is 1. The van der Waals surface area contributed by atoms with Crippen LogP contribution >= 0.6 is 35.0 Å². The molecule has 1 fully saturated rings. The fraction of sp³-hybridized carbons (Fsp3) is 0.192. The van der Waals surface area contributed by atoms with Gasteiger partial charge in [0.1, 0.15) is 5.25 Å². The van der Waals surface area contributed by atoms with E-state index >= 15 is 0 Å². The Morgan fingerprint density at radius 1 is 0.971 bits per heavy atom. The maximum Gasteiger partial charge on any atom is 0.238 e. The van der Waals surface area contributed by atoms with E-state index in [1.807, 2.05) is 18.2 Å². The smallest absolute Gasteiger partial charge is 0.238 e. The van der Waals surface area contributed by atoms with Crippen molar-refractivity contribution >= 4 is 63.3 Å². The minimum Gasteiger partial charge on any atom is -0.325 e. The highest BCUT2D eigenvalue weighted by Gasteiger charge is 2.35. The number of carbonyl (C=O) groups is 2. The summed E-state index contributed by atoms with van der Waals surface area (Å²) in [7, 11) is 0. The van der Waals surface area contributed by atoms with Gasteiger partial charge in [-0.2, -0.15) is 0 Å². The molecule has 174 valence electrons. The van der Waals surface area contributed by atoms with Crippen LogP contribution in [0.3, 0.4) is 0 Å². The molecule has 0 aliphatic carbocycles. The minimum atomic E-state index is -0.584. The lowest BCUT2D eigenvalue weighted by molar-refractivity contribution is -0.129. The number of amidine groups is 1. The minimum absolute atomic E-state index is 0.106. The molecule has 1 atom stereocenters. The van der Waals surface area contributed by atoms with E-state index in [1.54, 1.807) is 53.4 Å². The normalized spacial score (nSPS) is 17.1. The fourth-order valence-corrected chi connectivity index (χ4v) is 4.91. The van der Waals surface area contributed by atoms with Crippen LogP contribution in [0.4, 0.5) is 11.4 Å². The molecule has 3 aromatic carbocycles. The standard InChI is InChI=1S/C26H23Cl2N3O2S/c27-19-8-12-21(13-9-19)29-25(33)23-17-24(32)31(16-4-7-18-5-2-1-3-6-18)26(34-23)30-22-14-10-20(28)11-15-22/h1-3,5-6,8-15,23H,4,7,16-17H2,(H,29,33). The SMILES string of the molecule is O=C(Nc1ccc(Cl)cc1)C1CC(=O)N(CCCc2ccccc2)C(=Nc2ccc(Cl)cc2)S1. The number of aryl methyl sites for hydroxylation is 1. The van der Waals surface area contributed by atoms with E-state index in [4.69, 9.17) is 28.2 Å². The predicted molar refractivity (Wildman–Crippen MR) is 141 cm³/mol. The summed E-state index contributed by atoms with van der Waals surface area (Å²) in [6.07, 6.45) is 1.75. The summed E-state index contributed by atoms with van der Waals surface area (Å²) in [5.41, 5.74) is 2.52. The topological polar surface area (TPSA) is 61.8 Å². The van der Waals surface area contributed by atoms with Crippen molar-refractivity contribution in [1.29, 1.82) is 0 Å². The van der Waals surface area contributed by atoms with Gasteiger partial charge in [-0.05, 0) is 66.9 Å². The Hall–Kier alpha value is -2.80. The molecule has 1 saturated heterocycles. The highest BCUT2D eigenvalue weighted by atomic mass is 35.5. The van der Waals surface area contributed by atoms with Crippen LogP contribution in [0, 0.1) is 0 Å². The molecule has 34 heavy (non-hydrogen) atoms. The van der Waals surface area contributed by atoms with Crippen LogP contribution in [0.15, 0.2) is 83.9 Å². The third-order valence-electron chi connectivity index (χ3n) is 5.29. The van der Waals surface area contributed by atoms with Crippen molar-refractivity contribution < 1.29 is 9.59 Å². The van der Waals surface area contributed by atoms with Crippen molar-refractivity contribution in [3.8, 4) is 0 Å². The molecule has 0 spiro atoms. The third kappa shape index (κ3) is 6.63. The quantitative estimate of drug-likeness (QED) is 0.389. The molecule has 0 aromatic heterocycles. The van der Waals surface area contributed by atoms with Crippen molar-refractivity contribution in [3.63, 3.8) is 0 Å². The van der Waals surface area contributed by atoms with Crippen LogP contribution < -0.4 is 5.32 Å². The number of halogens is 2. The Balaban J connectivity index is 1.50. The lowest BCUT2D eigenvalue weighted by Gasteiger charge is -2.32. The lowest BCUT2D eigenvalue weighted by atomic mass is 10.1. The molecule has 1 aliphatic heterocycles. The van der Waals surface area contributed by atoms with Gasteiger partial charge in [0.05, 0.1) is 5.69 Å². The van der Waals surface area contributed by atoms with E-state index < -0.39 is 5.25 Å². The summed E-state index contributed by atoms with van der Waals surface area (Å²) >= 11 is 13.2. The third-order valence-corrected chi connectivity index (χ3v) is 6.98. The molecule has 1 heterocycles.